The van der Waals surface area contributed by atoms with Crippen LogP contribution in [0, 0.1) is 5.82 Å². The highest BCUT2D eigenvalue weighted by Crippen LogP contribution is 2.21. The predicted molar refractivity (Wildman–Crippen MR) is 134 cm³/mol. The number of halogens is 3. The van der Waals surface area contributed by atoms with Crippen LogP contribution in [-0.4, -0.2) is 64.5 Å². The first-order valence-electron chi connectivity index (χ1n) is 11.6. The molecule has 1 fully saturated rings. The smallest absolute Gasteiger partial charge is 0.270 e. The van der Waals surface area contributed by atoms with E-state index >= 15 is 0 Å². The van der Waals surface area contributed by atoms with Gasteiger partial charge in [-0.1, -0.05) is 11.6 Å². The number of hydrogen-bond donors (Lipinski definition) is 3. The fraction of sp³-hybridized carbons (Fsp3) is 0.280. The molecule has 3 amide bonds. The van der Waals surface area contributed by atoms with Crippen molar-refractivity contribution >= 4 is 35.0 Å². The third-order valence-electron chi connectivity index (χ3n) is 5.96. The van der Waals surface area contributed by atoms with Crippen LogP contribution in [0.15, 0.2) is 48.8 Å². The number of aromatic nitrogens is 2. The minimum Gasteiger partial charge on any atom is -0.364 e. The number of alkyl halides is 1. The van der Waals surface area contributed by atoms with Crippen LogP contribution in [0.1, 0.15) is 44.2 Å². The molecular formula is C25H25ClF2N6O3. The number of anilines is 1. The van der Waals surface area contributed by atoms with E-state index in [1.165, 1.54) is 17.0 Å². The second-order valence-electron chi connectivity index (χ2n) is 8.60. The van der Waals surface area contributed by atoms with E-state index in [0.29, 0.717) is 30.9 Å². The average molecular weight is 531 g/mol. The molecule has 0 spiro atoms. The van der Waals surface area contributed by atoms with Crippen LogP contribution in [-0.2, 0) is 0 Å². The van der Waals surface area contributed by atoms with Gasteiger partial charge in [0.15, 0.2) is 5.69 Å². The van der Waals surface area contributed by atoms with E-state index in [2.05, 4.69) is 15.6 Å². The second kappa shape index (κ2) is 11.5. The maximum Gasteiger partial charge on any atom is 0.270 e. The van der Waals surface area contributed by atoms with Crippen LogP contribution >= 0.6 is 11.6 Å². The molecule has 4 rings (SSSR count). The van der Waals surface area contributed by atoms with E-state index in [1.54, 1.807) is 24.3 Å². The first kappa shape index (κ1) is 26.2. The van der Waals surface area contributed by atoms with Crippen molar-refractivity contribution in [2.45, 2.75) is 19.0 Å². The fourth-order valence-electron chi connectivity index (χ4n) is 4.13. The number of nitrogens with one attached hydrogen (secondary N) is 2. The van der Waals surface area contributed by atoms with E-state index in [0.717, 1.165) is 25.1 Å². The van der Waals surface area contributed by atoms with Crippen molar-refractivity contribution in [1.82, 2.24) is 19.8 Å². The molecule has 0 unspecified atom stereocenters. The van der Waals surface area contributed by atoms with Crippen LogP contribution in [0.5, 0.6) is 0 Å². The highest BCUT2D eigenvalue weighted by molar-refractivity contribution is 6.34. The first-order chi connectivity index (χ1) is 17.7. The van der Waals surface area contributed by atoms with E-state index < -0.39 is 29.7 Å². The molecule has 1 aromatic heterocycles. The Morgan fingerprint density at radius 2 is 1.89 bits per heavy atom. The number of nitrogens with zero attached hydrogens (tertiary/aromatic N) is 3. The van der Waals surface area contributed by atoms with Gasteiger partial charge in [0.1, 0.15) is 24.0 Å². The van der Waals surface area contributed by atoms with Crippen LogP contribution in [0.4, 0.5) is 14.5 Å². The van der Waals surface area contributed by atoms with Crippen molar-refractivity contribution in [2.75, 3.05) is 31.5 Å². The Morgan fingerprint density at radius 3 is 2.57 bits per heavy atom. The molecule has 0 aliphatic carbocycles. The van der Waals surface area contributed by atoms with Gasteiger partial charge in [-0.05, 0) is 61.9 Å². The van der Waals surface area contributed by atoms with Gasteiger partial charge in [-0.2, -0.15) is 0 Å². The van der Waals surface area contributed by atoms with Gasteiger partial charge in [-0.15, -0.1) is 0 Å². The number of carbonyl (C=O) groups is 3. The standard InChI is InChI=1S/C25H25ClF2N6O3/c26-20-12-15(27)3-8-19(20)24(36)32-17-4-6-18(7-5-17)34-14-31-21(23(29)35)22(34)25(37)30-9-11-33-10-1-2-16(28)13-33/h3-8,12,14,16H,1-2,9-11,13H2,(H2,29,35)(H,30,37)(H,32,36)/t16-/m0/s1. The normalized spacial score (nSPS) is 15.8. The number of rotatable bonds is 8. The minimum absolute atomic E-state index is 0.0213. The monoisotopic (exact) mass is 530 g/mol. The molecule has 1 saturated heterocycles. The summed E-state index contributed by atoms with van der Waals surface area (Å²) in [6, 6.07) is 9.85. The fourth-order valence-corrected chi connectivity index (χ4v) is 4.39. The lowest BCUT2D eigenvalue weighted by Gasteiger charge is -2.28. The van der Waals surface area contributed by atoms with Crippen LogP contribution < -0.4 is 16.4 Å². The van der Waals surface area contributed by atoms with Crippen molar-refractivity contribution in [3.05, 3.63) is 76.6 Å². The Balaban J connectivity index is 1.47. The molecule has 2 aromatic carbocycles. The minimum atomic E-state index is -0.868. The Labute approximate surface area is 216 Å². The Morgan fingerprint density at radius 1 is 1.14 bits per heavy atom. The summed E-state index contributed by atoms with van der Waals surface area (Å²) in [5.41, 5.74) is 6.22. The Hall–Kier alpha value is -3.83. The van der Waals surface area contributed by atoms with E-state index in [9.17, 15) is 23.2 Å². The van der Waals surface area contributed by atoms with Gasteiger partial charge < -0.3 is 16.4 Å². The molecule has 9 nitrogen and oxygen atoms in total. The molecule has 2 heterocycles. The Kier molecular flexibility index (Phi) is 8.14. The summed E-state index contributed by atoms with van der Waals surface area (Å²) in [4.78, 5) is 43.3. The molecule has 194 valence electrons. The lowest BCUT2D eigenvalue weighted by Crippen LogP contribution is -2.41. The van der Waals surface area contributed by atoms with E-state index in [-0.39, 0.29) is 28.5 Å². The number of likely N-dealkylation sites (tertiary alicyclic amines) is 1. The summed E-state index contributed by atoms with van der Waals surface area (Å²) in [5, 5.41) is 5.39. The maximum absolute atomic E-state index is 13.6. The van der Waals surface area contributed by atoms with Gasteiger partial charge in [0.25, 0.3) is 17.7 Å². The van der Waals surface area contributed by atoms with Crippen molar-refractivity contribution in [2.24, 2.45) is 5.73 Å². The van der Waals surface area contributed by atoms with Crippen LogP contribution in [0.2, 0.25) is 5.02 Å². The van der Waals surface area contributed by atoms with Gasteiger partial charge in [-0.25, -0.2) is 13.8 Å². The van der Waals surface area contributed by atoms with Gasteiger partial charge in [0, 0.05) is 31.0 Å². The summed E-state index contributed by atoms with van der Waals surface area (Å²) < 4.78 is 28.3. The highest BCUT2D eigenvalue weighted by atomic mass is 35.5. The average Bonchev–Trinajstić information content (AvgIpc) is 3.30. The molecule has 0 bridgehead atoms. The molecule has 4 N–H and O–H groups in total. The SMILES string of the molecule is NC(=O)c1ncn(-c2ccc(NC(=O)c3ccc(F)cc3Cl)cc2)c1C(=O)NCCN1CCC[C@H](F)C1. The van der Waals surface area contributed by atoms with Crippen molar-refractivity contribution in [3.8, 4) is 5.69 Å². The molecule has 37 heavy (non-hydrogen) atoms. The van der Waals surface area contributed by atoms with Gasteiger partial charge >= 0.3 is 0 Å². The number of nitrogens with two attached hydrogens (primary N) is 1. The van der Waals surface area contributed by atoms with Gasteiger partial charge in [-0.3, -0.25) is 23.9 Å². The zero-order chi connectivity index (χ0) is 26.5. The predicted octanol–water partition coefficient (Wildman–Crippen LogP) is 3.18. The number of benzene rings is 2. The van der Waals surface area contributed by atoms with E-state index in [4.69, 9.17) is 17.3 Å². The maximum atomic E-state index is 13.6. The molecule has 1 atom stereocenters. The third-order valence-corrected chi connectivity index (χ3v) is 6.27. The largest absolute Gasteiger partial charge is 0.364 e. The summed E-state index contributed by atoms with van der Waals surface area (Å²) in [7, 11) is 0. The van der Waals surface area contributed by atoms with Gasteiger partial charge in [0.2, 0.25) is 0 Å². The number of imidazole rings is 1. The third kappa shape index (κ3) is 6.30. The number of piperidine rings is 1. The topological polar surface area (TPSA) is 122 Å². The molecule has 1 aliphatic heterocycles. The number of carbonyl (C=O) groups excluding carboxylic acids is 3. The van der Waals surface area contributed by atoms with E-state index in [1.807, 2.05) is 4.90 Å². The molecule has 1 aliphatic rings. The first-order valence-corrected chi connectivity index (χ1v) is 12.0. The van der Waals surface area contributed by atoms with Crippen molar-refractivity contribution < 1.29 is 23.2 Å². The Bertz CT molecular complexity index is 1310. The molecule has 0 saturated carbocycles. The summed E-state index contributed by atoms with van der Waals surface area (Å²) in [6.07, 6.45) is 1.75. The number of hydrogen-bond acceptors (Lipinski definition) is 5. The van der Waals surface area contributed by atoms with Crippen molar-refractivity contribution in [1.29, 1.82) is 0 Å². The quantitative estimate of drug-likeness (QED) is 0.413. The molecule has 0 radical (unpaired) electrons. The van der Waals surface area contributed by atoms with Crippen LogP contribution in [0.3, 0.4) is 0 Å². The lowest BCUT2D eigenvalue weighted by molar-refractivity contribution is 0.0916. The molecule has 12 heteroatoms. The van der Waals surface area contributed by atoms with Crippen LogP contribution in [0.25, 0.3) is 5.69 Å². The zero-order valence-electron chi connectivity index (χ0n) is 19.7. The summed E-state index contributed by atoms with van der Waals surface area (Å²) in [5.74, 6) is -2.49. The number of primary amides is 1. The lowest BCUT2D eigenvalue weighted by atomic mass is 10.1. The zero-order valence-corrected chi connectivity index (χ0v) is 20.5. The van der Waals surface area contributed by atoms with Gasteiger partial charge in [0.05, 0.1) is 10.6 Å². The summed E-state index contributed by atoms with van der Waals surface area (Å²) >= 11 is 5.95. The molecule has 3 aromatic rings. The second-order valence-corrected chi connectivity index (χ2v) is 9.00. The summed E-state index contributed by atoms with van der Waals surface area (Å²) in [6.45, 7) is 1.82. The highest BCUT2D eigenvalue weighted by Gasteiger charge is 2.24. The number of amides is 3. The molecular weight excluding hydrogens is 506 g/mol. The van der Waals surface area contributed by atoms with Crippen molar-refractivity contribution in [3.63, 3.8) is 0 Å².